The van der Waals surface area contributed by atoms with E-state index in [1.807, 2.05) is 31.2 Å². The number of ether oxygens (including phenoxy) is 2. The minimum Gasteiger partial charge on any atom is -0.497 e. The van der Waals surface area contributed by atoms with Crippen LogP contribution in [0, 0.1) is 0 Å². The van der Waals surface area contributed by atoms with Crippen molar-refractivity contribution in [2.45, 2.75) is 38.5 Å². The Morgan fingerprint density at radius 3 is 2.65 bits per heavy atom. The molecule has 0 aromatic heterocycles. The van der Waals surface area contributed by atoms with Crippen LogP contribution in [0.3, 0.4) is 0 Å². The maximum Gasteiger partial charge on any atom is 0.317 e. The number of benzene rings is 1. The van der Waals surface area contributed by atoms with Crippen LogP contribution in [0.2, 0.25) is 0 Å². The molecule has 1 rings (SSSR count). The van der Waals surface area contributed by atoms with Crippen molar-refractivity contribution in [1.29, 1.82) is 0 Å². The molecule has 0 heterocycles. The molecule has 0 radical (unpaired) electrons. The number of methoxy groups -OCH3 is 1. The van der Waals surface area contributed by atoms with Gasteiger partial charge < -0.3 is 15.2 Å². The number of hydrogen-bond acceptors (Lipinski definition) is 4. The molecule has 0 fully saturated rings. The average Bonchev–Trinajstić information content (AvgIpc) is 2.49. The van der Waals surface area contributed by atoms with Crippen LogP contribution in [0.15, 0.2) is 24.3 Å². The standard InChI is InChI=1S/C16H25NO3/c1-4-6-10-16(12-17,15(18)20-5-2)13-8-7-9-14(11-13)19-3/h7-9,11H,4-6,10,12,17H2,1-3H3/t16-/m1/s1. The maximum atomic E-state index is 12.5. The van der Waals surface area contributed by atoms with Crippen molar-refractivity contribution in [3.05, 3.63) is 29.8 Å². The summed E-state index contributed by atoms with van der Waals surface area (Å²) in [6, 6.07) is 7.53. The number of esters is 1. The summed E-state index contributed by atoms with van der Waals surface area (Å²) in [5, 5.41) is 0. The Hall–Kier alpha value is -1.55. The van der Waals surface area contributed by atoms with Crippen LogP contribution in [0.5, 0.6) is 5.75 Å². The van der Waals surface area contributed by atoms with Crippen LogP contribution in [-0.4, -0.2) is 26.2 Å². The highest BCUT2D eigenvalue weighted by atomic mass is 16.5. The quantitative estimate of drug-likeness (QED) is 0.743. The van der Waals surface area contributed by atoms with Crippen molar-refractivity contribution in [2.75, 3.05) is 20.3 Å². The largest absolute Gasteiger partial charge is 0.497 e. The highest BCUT2D eigenvalue weighted by Gasteiger charge is 2.40. The van der Waals surface area contributed by atoms with Gasteiger partial charge in [0, 0.05) is 6.54 Å². The van der Waals surface area contributed by atoms with Crippen LogP contribution < -0.4 is 10.5 Å². The number of nitrogens with two attached hydrogens (primary N) is 1. The van der Waals surface area contributed by atoms with Crippen molar-refractivity contribution < 1.29 is 14.3 Å². The molecule has 0 unspecified atom stereocenters. The summed E-state index contributed by atoms with van der Waals surface area (Å²) in [7, 11) is 1.61. The maximum absolute atomic E-state index is 12.5. The summed E-state index contributed by atoms with van der Waals surface area (Å²) in [5.41, 5.74) is 6.05. The van der Waals surface area contributed by atoms with Crippen LogP contribution in [0.4, 0.5) is 0 Å². The van der Waals surface area contributed by atoms with E-state index in [0.29, 0.717) is 13.0 Å². The monoisotopic (exact) mass is 279 g/mol. The Kier molecular flexibility index (Phi) is 6.52. The first-order valence-electron chi connectivity index (χ1n) is 7.16. The zero-order chi connectivity index (χ0) is 15.0. The Balaban J connectivity index is 3.21. The van der Waals surface area contributed by atoms with Gasteiger partial charge in [-0.1, -0.05) is 31.9 Å². The molecular weight excluding hydrogens is 254 g/mol. The first-order chi connectivity index (χ1) is 9.64. The van der Waals surface area contributed by atoms with E-state index < -0.39 is 5.41 Å². The normalized spacial score (nSPS) is 13.6. The Labute approximate surface area is 121 Å². The summed E-state index contributed by atoms with van der Waals surface area (Å²) >= 11 is 0. The number of carbonyl (C=O) groups excluding carboxylic acids is 1. The summed E-state index contributed by atoms with van der Waals surface area (Å²) in [6.45, 7) is 4.50. The van der Waals surface area contributed by atoms with Crippen molar-refractivity contribution in [3.8, 4) is 5.75 Å². The fourth-order valence-electron chi connectivity index (χ4n) is 2.34. The van der Waals surface area contributed by atoms with Crippen molar-refractivity contribution in [1.82, 2.24) is 0 Å². The molecule has 20 heavy (non-hydrogen) atoms. The van der Waals surface area contributed by atoms with Gasteiger partial charge in [-0.05, 0) is 31.0 Å². The van der Waals surface area contributed by atoms with Gasteiger partial charge in [0.25, 0.3) is 0 Å². The predicted molar refractivity (Wildman–Crippen MR) is 79.9 cm³/mol. The van der Waals surface area contributed by atoms with Gasteiger partial charge in [-0.15, -0.1) is 0 Å². The third kappa shape index (κ3) is 3.51. The summed E-state index contributed by atoms with van der Waals surface area (Å²) in [4.78, 5) is 12.5. The number of carbonyl (C=O) groups is 1. The van der Waals surface area contributed by atoms with E-state index in [-0.39, 0.29) is 12.5 Å². The van der Waals surface area contributed by atoms with Gasteiger partial charge in [-0.25, -0.2) is 0 Å². The first-order valence-corrected chi connectivity index (χ1v) is 7.16. The predicted octanol–water partition coefficient (Wildman–Crippen LogP) is 2.65. The van der Waals surface area contributed by atoms with Gasteiger partial charge in [0.1, 0.15) is 11.2 Å². The smallest absolute Gasteiger partial charge is 0.317 e. The van der Waals surface area contributed by atoms with Gasteiger partial charge in [0.15, 0.2) is 0 Å². The Morgan fingerprint density at radius 1 is 1.35 bits per heavy atom. The lowest BCUT2D eigenvalue weighted by Crippen LogP contribution is -2.44. The molecule has 1 atom stereocenters. The molecule has 0 amide bonds. The highest BCUT2D eigenvalue weighted by Crippen LogP contribution is 2.32. The molecule has 1 aromatic carbocycles. The van der Waals surface area contributed by atoms with E-state index in [1.165, 1.54) is 0 Å². The van der Waals surface area contributed by atoms with Crippen LogP contribution in [-0.2, 0) is 14.9 Å². The van der Waals surface area contributed by atoms with Gasteiger partial charge in [-0.2, -0.15) is 0 Å². The van der Waals surface area contributed by atoms with E-state index in [2.05, 4.69) is 6.92 Å². The first kappa shape index (κ1) is 16.5. The zero-order valence-corrected chi connectivity index (χ0v) is 12.6. The van der Waals surface area contributed by atoms with Crippen LogP contribution in [0.25, 0.3) is 0 Å². The molecule has 4 heteroatoms. The molecular formula is C16H25NO3. The van der Waals surface area contributed by atoms with E-state index in [9.17, 15) is 4.79 Å². The van der Waals surface area contributed by atoms with Gasteiger partial charge in [-0.3, -0.25) is 4.79 Å². The van der Waals surface area contributed by atoms with Crippen LogP contribution >= 0.6 is 0 Å². The van der Waals surface area contributed by atoms with Gasteiger partial charge in [0.2, 0.25) is 0 Å². The second-order valence-corrected chi connectivity index (χ2v) is 4.84. The lowest BCUT2D eigenvalue weighted by molar-refractivity contribution is -0.150. The molecule has 0 aliphatic rings. The zero-order valence-electron chi connectivity index (χ0n) is 12.6. The van der Waals surface area contributed by atoms with Crippen LogP contribution in [0.1, 0.15) is 38.7 Å². The van der Waals surface area contributed by atoms with E-state index >= 15 is 0 Å². The highest BCUT2D eigenvalue weighted by molar-refractivity contribution is 5.83. The Bertz CT molecular complexity index is 433. The molecule has 0 bridgehead atoms. The van der Waals surface area contributed by atoms with Gasteiger partial charge >= 0.3 is 5.97 Å². The SMILES string of the molecule is CCCC[C@](CN)(C(=O)OCC)c1cccc(OC)c1. The van der Waals surface area contributed by atoms with E-state index in [1.54, 1.807) is 7.11 Å². The van der Waals surface area contributed by atoms with Crippen molar-refractivity contribution in [3.63, 3.8) is 0 Å². The lowest BCUT2D eigenvalue weighted by Gasteiger charge is -2.31. The third-order valence-electron chi connectivity index (χ3n) is 3.59. The second-order valence-electron chi connectivity index (χ2n) is 4.84. The van der Waals surface area contributed by atoms with Crippen molar-refractivity contribution >= 4 is 5.97 Å². The molecule has 2 N–H and O–H groups in total. The fourth-order valence-corrected chi connectivity index (χ4v) is 2.34. The molecule has 112 valence electrons. The summed E-state index contributed by atoms with van der Waals surface area (Å²) in [6.07, 6.45) is 2.62. The molecule has 4 nitrogen and oxygen atoms in total. The lowest BCUT2D eigenvalue weighted by atomic mass is 9.76. The third-order valence-corrected chi connectivity index (χ3v) is 3.59. The summed E-state index contributed by atoms with van der Waals surface area (Å²) in [5.74, 6) is 0.477. The fraction of sp³-hybridized carbons (Fsp3) is 0.562. The average molecular weight is 279 g/mol. The molecule has 0 saturated heterocycles. The molecule has 0 saturated carbocycles. The number of rotatable bonds is 8. The molecule has 0 aliphatic heterocycles. The number of unbranched alkanes of at least 4 members (excludes halogenated alkanes) is 1. The van der Waals surface area contributed by atoms with E-state index in [0.717, 1.165) is 24.2 Å². The summed E-state index contributed by atoms with van der Waals surface area (Å²) < 4.78 is 10.5. The molecule has 1 aromatic rings. The minimum atomic E-state index is -0.777. The second kappa shape index (κ2) is 7.90. The molecule has 0 spiro atoms. The number of hydrogen-bond donors (Lipinski definition) is 1. The van der Waals surface area contributed by atoms with Crippen molar-refractivity contribution in [2.24, 2.45) is 5.73 Å². The molecule has 0 aliphatic carbocycles. The van der Waals surface area contributed by atoms with E-state index in [4.69, 9.17) is 15.2 Å². The minimum absolute atomic E-state index is 0.235. The topological polar surface area (TPSA) is 61.6 Å². The Morgan fingerprint density at radius 2 is 2.10 bits per heavy atom. The van der Waals surface area contributed by atoms with Gasteiger partial charge in [0.05, 0.1) is 13.7 Å².